The summed E-state index contributed by atoms with van der Waals surface area (Å²) in [5, 5.41) is 14.6. The summed E-state index contributed by atoms with van der Waals surface area (Å²) < 4.78 is 16.8. The van der Waals surface area contributed by atoms with Gasteiger partial charge in [0.15, 0.2) is 5.02 Å². The second-order valence-corrected chi connectivity index (χ2v) is 6.97. The number of cyclic esters (lactones) is 2. The van der Waals surface area contributed by atoms with E-state index in [2.05, 4.69) is 5.10 Å². The molecule has 2 aromatic rings. The Morgan fingerprint density at radius 1 is 1.31 bits per heavy atom. The molecule has 0 radical (unpaired) electrons. The molecule has 1 aromatic carbocycles. The van der Waals surface area contributed by atoms with Crippen LogP contribution in [0, 0.1) is 10.1 Å². The lowest BCUT2D eigenvalue weighted by molar-refractivity contribution is -0.389. The minimum Gasteiger partial charge on any atom is -0.496 e. The molecule has 0 bridgehead atoms. The number of nitrogens with zero attached hydrogens (tertiary/aromatic N) is 3. The van der Waals surface area contributed by atoms with Crippen LogP contribution in [-0.2, 0) is 25.6 Å². The van der Waals surface area contributed by atoms with Crippen molar-refractivity contribution in [3.8, 4) is 5.75 Å². The summed E-state index contributed by atoms with van der Waals surface area (Å²) in [6.45, 7) is 3.08. The molecule has 0 saturated carbocycles. The van der Waals surface area contributed by atoms with Gasteiger partial charge in [-0.3, -0.25) is 0 Å². The standard InChI is InChI=1S/C18H16ClN3O7/c1-18(2)28-16(23)12(17(24)29-18)6-10-4-5-11(14(7-10)27-3)8-21-9-13(19)15(20-21)22(25)26/h4-7,9H,8H2,1-3H3. The molecule has 1 fully saturated rings. The highest BCUT2D eigenvalue weighted by Gasteiger charge is 2.38. The second-order valence-electron chi connectivity index (χ2n) is 6.56. The third kappa shape index (κ3) is 4.37. The number of benzene rings is 1. The Bertz CT molecular complexity index is 1020. The van der Waals surface area contributed by atoms with Crippen molar-refractivity contribution in [2.75, 3.05) is 7.11 Å². The van der Waals surface area contributed by atoms with Crippen molar-refractivity contribution in [2.24, 2.45) is 0 Å². The van der Waals surface area contributed by atoms with Crippen LogP contribution in [0.2, 0.25) is 5.02 Å². The SMILES string of the molecule is COc1cc(C=C2C(=O)OC(C)(C)OC2=O)ccc1Cn1cc(Cl)c([N+](=O)[O-])n1. The van der Waals surface area contributed by atoms with Crippen molar-refractivity contribution in [1.29, 1.82) is 0 Å². The number of aromatic nitrogens is 2. The molecule has 0 unspecified atom stereocenters. The van der Waals surface area contributed by atoms with Crippen molar-refractivity contribution < 1.29 is 28.7 Å². The van der Waals surface area contributed by atoms with Gasteiger partial charge in [0.1, 0.15) is 11.3 Å². The molecule has 1 aromatic heterocycles. The van der Waals surface area contributed by atoms with E-state index in [9.17, 15) is 19.7 Å². The maximum absolute atomic E-state index is 12.1. The van der Waals surface area contributed by atoms with Gasteiger partial charge in [-0.05, 0) is 22.6 Å². The van der Waals surface area contributed by atoms with Gasteiger partial charge in [-0.1, -0.05) is 23.7 Å². The number of methoxy groups -OCH3 is 1. The number of rotatable bonds is 5. The molecule has 0 N–H and O–H groups in total. The number of ether oxygens (including phenoxy) is 3. The Hall–Kier alpha value is -3.40. The fraction of sp³-hybridized carbons (Fsp3) is 0.278. The van der Waals surface area contributed by atoms with E-state index in [1.807, 2.05) is 0 Å². The van der Waals surface area contributed by atoms with Gasteiger partial charge in [-0.2, -0.15) is 4.68 Å². The molecule has 0 aliphatic carbocycles. The zero-order chi connectivity index (χ0) is 21.3. The first kappa shape index (κ1) is 20.3. The minimum atomic E-state index is -1.32. The molecule has 1 aliphatic heterocycles. The predicted octanol–water partition coefficient (Wildman–Crippen LogP) is 2.72. The first-order chi connectivity index (χ1) is 13.6. The lowest BCUT2D eigenvalue weighted by Crippen LogP contribution is -2.41. The molecule has 1 aliphatic rings. The van der Waals surface area contributed by atoms with Gasteiger partial charge in [-0.25, -0.2) is 9.59 Å². The molecule has 10 nitrogen and oxygen atoms in total. The summed E-state index contributed by atoms with van der Waals surface area (Å²) in [4.78, 5) is 34.4. The lowest BCUT2D eigenvalue weighted by Gasteiger charge is -2.29. The third-order valence-corrected chi connectivity index (χ3v) is 4.21. The van der Waals surface area contributed by atoms with Crippen LogP contribution in [0.4, 0.5) is 5.82 Å². The Balaban J connectivity index is 1.88. The van der Waals surface area contributed by atoms with Crippen LogP contribution < -0.4 is 4.74 Å². The summed E-state index contributed by atoms with van der Waals surface area (Å²) in [5.41, 5.74) is 0.908. The van der Waals surface area contributed by atoms with Gasteiger partial charge in [0.05, 0.1) is 25.0 Å². The number of nitro groups is 1. The van der Waals surface area contributed by atoms with Crippen LogP contribution in [-0.4, -0.2) is 39.5 Å². The van der Waals surface area contributed by atoms with Crippen molar-refractivity contribution in [3.63, 3.8) is 0 Å². The van der Waals surface area contributed by atoms with Gasteiger partial charge in [0.25, 0.3) is 5.79 Å². The van der Waals surface area contributed by atoms with E-state index in [-0.39, 0.29) is 17.1 Å². The second kappa shape index (κ2) is 7.55. The molecule has 11 heteroatoms. The molecule has 152 valence electrons. The molecule has 0 spiro atoms. The Morgan fingerprint density at radius 2 is 1.97 bits per heavy atom. The minimum absolute atomic E-state index is 0.0763. The normalized spacial score (nSPS) is 15.5. The van der Waals surface area contributed by atoms with E-state index in [0.29, 0.717) is 16.9 Å². The molecular formula is C18H16ClN3O7. The number of carbonyl (C=O) groups is 2. The van der Waals surface area contributed by atoms with Crippen molar-refractivity contribution in [3.05, 3.63) is 56.2 Å². The zero-order valence-electron chi connectivity index (χ0n) is 15.7. The lowest BCUT2D eigenvalue weighted by atomic mass is 10.1. The van der Waals surface area contributed by atoms with Gasteiger partial charge < -0.3 is 24.3 Å². The van der Waals surface area contributed by atoms with E-state index in [0.717, 1.165) is 0 Å². The summed E-state index contributed by atoms with van der Waals surface area (Å²) in [5.74, 6) is -2.91. The predicted molar refractivity (Wildman–Crippen MR) is 100 cm³/mol. The third-order valence-electron chi connectivity index (χ3n) is 3.94. The average molecular weight is 422 g/mol. The van der Waals surface area contributed by atoms with E-state index >= 15 is 0 Å². The molecule has 0 atom stereocenters. The monoisotopic (exact) mass is 421 g/mol. The highest BCUT2D eigenvalue weighted by atomic mass is 35.5. The smallest absolute Gasteiger partial charge is 0.408 e. The van der Waals surface area contributed by atoms with Gasteiger partial charge in [0, 0.05) is 19.4 Å². The number of esters is 2. The summed E-state index contributed by atoms with van der Waals surface area (Å²) in [6.07, 6.45) is 2.67. The van der Waals surface area contributed by atoms with Crippen LogP contribution in [0.3, 0.4) is 0 Å². The maximum atomic E-state index is 12.1. The average Bonchev–Trinajstić information content (AvgIpc) is 2.99. The molecule has 29 heavy (non-hydrogen) atoms. The topological polar surface area (TPSA) is 123 Å². The molecule has 1 saturated heterocycles. The molecule has 0 amide bonds. The Labute approximate surface area is 169 Å². The number of hydrogen-bond acceptors (Lipinski definition) is 8. The maximum Gasteiger partial charge on any atom is 0.408 e. The largest absolute Gasteiger partial charge is 0.496 e. The summed E-state index contributed by atoms with van der Waals surface area (Å²) in [6, 6.07) is 4.92. The number of halogens is 1. The summed E-state index contributed by atoms with van der Waals surface area (Å²) in [7, 11) is 1.44. The fourth-order valence-corrected chi connectivity index (χ4v) is 2.91. The zero-order valence-corrected chi connectivity index (χ0v) is 16.4. The summed E-state index contributed by atoms with van der Waals surface area (Å²) >= 11 is 5.81. The molecule has 3 rings (SSSR count). The van der Waals surface area contributed by atoms with E-state index in [1.54, 1.807) is 18.2 Å². The van der Waals surface area contributed by atoms with E-state index in [1.165, 1.54) is 37.9 Å². The Kier molecular flexibility index (Phi) is 5.29. The first-order valence-corrected chi connectivity index (χ1v) is 8.70. The molecular weight excluding hydrogens is 406 g/mol. The van der Waals surface area contributed by atoms with Crippen molar-refractivity contribution in [1.82, 2.24) is 9.78 Å². The number of hydrogen-bond donors (Lipinski definition) is 0. The highest BCUT2D eigenvalue weighted by molar-refractivity contribution is 6.32. The quantitative estimate of drug-likeness (QED) is 0.237. The van der Waals surface area contributed by atoms with Crippen molar-refractivity contribution in [2.45, 2.75) is 26.2 Å². The van der Waals surface area contributed by atoms with Gasteiger partial charge in [-0.15, -0.1) is 0 Å². The van der Waals surface area contributed by atoms with Gasteiger partial charge >= 0.3 is 17.8 Å². The van der Waals surface area contributed by atoms with Crippen LogP contribution in [0.25, 0.3) is 6.08 Å². The van der Waals surface area contributed by atoms with Gasteiger partial charge in [0.2, 0.25) is 0 Å². The van der Waals surface area contributed by atoms with Crippen LogP contribution in [0.5, 0.6) is 5.75 Å². The van der Waals surface area contributed by atoms with Crippen molar-refractivity contribution >= 4 is 35.4 Å². The van der Waals surface area contributed by atoms with Crippen LogP contribution >= 0.6 is 11.6 Å². The molecule has 2 heterocycles. The van der Waals surface area contributed by atoms with E-state index < -0.39 is 28.5 Å². The Morgan fingerprint density at radius 3 is 2.52 bits per heavy atom. The van der Waals surface area contributed by atoms with Crippen LogP contribution in [0.1, 0.15) is 25.0 Å². The number of carbonyl (C=O) groups excluding carboxylic acids is 2. The fourth-order valence-electron chi connectivity index (χ4n) is 2.69. The highest BCUT2D eigenvalue weighted by Crippen LogP contribution is 2.28. The first-order valence-electron chi connectivity index (χ1n) is 8.32. The van der Waals surface area contributed by atoms with Crippen LogP contribution in [0.15, 0.2) is 30.0 Å². The van der Waals surface area contributed by atoms with E-state index in [4.69, 9.17) is 25.8 Å².